The predicted molar refractivity (Wildman–Crippen MR) is 125 cm³/mol. The number of nitrogens with zero attached hydrogens (tertiary/aromatic N) is 2. The fourth-order valence-electron chi connectivity index (χ4n) is 3.11. The molecule has 1 saturated heterocycles. The van der Waals surface area contributed by atoms with Crippen LogP contribution in [0.5, 0.6) is 0 Å². The Morgan fingerprint density at radius 3 is 1.70 bits per heavy atom. The third-order valence-electron chi connectivity index (χ3n) is 4.54. The fourth-order valence-corrected chi connectivity index (χ4v) is 3.95. The third-order valence-corrected chi connectivity index (χ3v) is 5.47. The van der Waals surface area contributed by atoms with Gasteiger partial charge in [0.05, 0.1) is 11.4 Å². The van der Waals surface area contributed by atoms with Crippen molar-refractivity contribution in [3.63, 3.8) is 0 Å². The number of benzene rings is 3. The Labute approximate surface area is 188 Å². The maximum atomic E-state index is 13.4. The number of anilines is 2. The maximum absolute atomic E-state index is 13.4. The van der Waals surface area contributed by atoms with Crippen molar-refractivity contribution in [3.05, 3.63) is 100 Å². The maximum Gasteiger partial charge on any atom is 0.270 e. The Balaban J connectivity index is 1.88. The highest BCUT2D eigenvalue weighted by molar-refractivity contribution is 7.81. The van der Waals surface area contributed by atoms with Gasteiger partial charge in [0.25, 0.3) is 11.8 Å². The summed E-state index contributed by atoms with van der Waals surface area (Å²) >= 11 is 17.8. The normalized spacial score (nSPS) is 14.3. The summed E-state index contributed by atoms with van der Waals surface area (Å²) in [5.74, 6) is -1.04. The molecule has 0 radical (unpaired) electrons. The zero-order valence-corrected chi connectivity index (χ0v) is 17.8. The SMILES string of the molecule is O=C1C(=Cc2ccc(Cl)cc2Cl)C(=O)N(c2ccccc2)C(=S)N1c1ccccc1. The van der Waals surface area contributed by atoms with E-state index in [0.29, 0.717) is 27.0 Å². The molecule has 1 heterocycles. The number of rotatable bonds is 3. The average Bonchev–Trinajstić information content (AvgIpc) is 2.74. The fraction of sp³-hybridized carbons (Fsp3) is 0. The summed E-state index contributed by atoms with van der Waals surface area (Å²) in [7, 11) is 0. The van der Waals surface area contributed by atoms with Crippen LogP contribution in [0.2, 0.25) is 10.0 Å². The standard InChI is InChI=1S/C23H14Cl2N2O2S/c24-16-12-11-15(20(25)14-16)13-19-21(28)26(17-7-3-1-4-8-17)23(30)27(22(19)29)18-9-5-2-6-10-18/h1-14H. The van der Waals surface area contributed by atoms with Crippen molar-refractivity contribution in [2.45, 2.75) is 0 Å². The van der Waals surface area contributed by atoms with Crippen LogP contribution in [-0.2, 0) is 9.59 Å². The Kier molecular flexibility index (Phi) is 5.68. The molecule has 0 aromatic heterocycles. The lowest BCUT2D eigenvalue weighted by Crippen LogP contribution is -2.56. The van der Waals surface area contributed by atoms with Crippen LogP contribution < -0.4 is 9.80 Å². The molecule has 3 aromatic rings. The Hall–Kier alpha value is -2.99. The van der Waals surface area contributed by atoms with Gasteiger partial charge in [-0.25, -0.2) is 0 Å². The zero-order chi connectivity index (χ0) is 21.3. The van der Waals surface area contributed by atoms with E-state index in [9.17, 15) is 9.59 Å². The van der Waals surface area contributed by atoms with E-state index < -0.39 is 11.8 Å². The van der Waals surface area contributed by atoms with Gasteiger partial charge in [0.2, 0.25) is 0 Å². The van der Waals surface area contributed by atoms with Crippen molar-refractivity contribution in [3.8, 4) is 0 Å². The first kappa shape index (κ1) is 20.3. The third kappa shape index (κ3) is 3.75. The molecule has 4 nitrogen and oxygen atoms in total. The summed E-state index contributed by atoms with van der Waals surface area (Å²) < 4.78 is 0. The molecular formula is C23H14Cl2N2O2S. The van der Waals surface area contributed by atoms with Crippen LogP contribution in [0.25, 0.3) is 6.08 Å². The number of amides is 2. The quantitative estimate of drug-likeness (QED) is 0.289. The van der Waals surface area contributed by atoms with Gasteiger partial charge in [-0.2, -0.15) is 0 Å². The Morgan fingerprint density at radius 2 is 1.23 bits per heavy atom. The van der Waals surface area contributed by atoms with Gasteiger partial charge < -0.3 is 0 Å². The van der Waals surface area contributed by atoms with Crippen LogP contribution in [0, 0.1) is 0 Å². The molecule has 1 aliphatic heterocycles. The minimum absolute atomic E-state index is 0.0551. The molecule has 0 unspecified atom stereocenters. The van der Waals surface area contributed by atoms with Crippen molar-refractivity contribution in [1.82, 2.24) is 0 Å². The van der Waals surface area contributed by atoms with Crippen LogP contribution in [0.15, 0.2) is 84.4 Å². The van der Waals surface area contributed by atoms with Gasteiger partial charge in [-0.05, 0) is 60.3 Å². The molecule has 3 aromatic carbocycles. The van der Waals surface area contributed by atoms with Crippen LogP contribution in [-0.4, -0.2) is 16.9 Å². The van der Waals surface area contributed by atoms with Gasteiger partial charge in [-0.1, -0.05) is 65.7 Å². The molecule has 7 heteroatoms. The van der Waals surface area contributed by atoms with Crippen LogP contribution in [0.3, 0.4) is 0 Å². The van der Waals surface area contributed by atoms with E-state index in [1.807, 2.05) is 12.1 Å². The number of para-hydroxylation sites is 2. The smallest absolute Gasteiger partial charge is 0.268 e. The monoisotopic (exact) mass is 452 g/mol. The summed E-state index contributed by atoms with van der Waals surface area (Å²) in [5.41, 5.74) is 1.58. The lowest BCUT2D eigenvalue weighted by Gasteiger charge is -2.36. The second-order valence-electron chi connectivity index (χ2n) is 6.46. The van der Waals surface area contributed by atoms with Gasteiger partial charge in [-0.15, -0.1) is 0 Å². The zero-order valence-electron chi connectivity index (χ0n) is 15.5. The largest absolute Gasteiger partial charge is 0.270 e. The van der Waals surface area contributed by atoms with Gasteiger partial charge in [0.15, 0.2) is 5.11 Å². The first-order valence-electron chi connectivity index (χ1n) is 8.97. The topological polar surface area (TPSA) is 40.6 Å². The molecule has 148 valence electrons. The van der Waals surface area contributed by atoms with Gasteiger partial charge in [0, 0.05) is 10.0 Å². The van der Waals surface area contributed by atoms with E-state index in [1.165, 1.54) is 15.9 Å². The second kappa shape index (κ2) is 8.40. The highest BCUT2D eigenvalue weighted by Crippen LogP contribution is 2.31. The molecule has 4 rings (SSSR count). The highest BCUT2D eigenvalue weighted by Gasteiger charge is 2.41. The number of carbonyl (C=O) groups is 2. The molecule has 0 aliphatic carbocycles. The molecular weight excluding hydrogens is 439 g/mol. The molecule has 30 heavy (non-hydrogen) atoms. The van der Waals surface area contributed by atoms with E-state index in [2.05, 4.69) is 0 Å². The van der Waals surface area contributed by atoms with Crippen molar-refractivity contribution in [2.24, 2.45) is 0 Å². The first-order valence-corrected chi connectivity index (χ1v) is 10.1. The van der Waals surface area contributed by atoms with Crippen LogP contribution in [0.4, 0.5) is 11.4 Å². The summed E-state index contributed by atoms with van der Waals surface area (Å²) in [6, 6.07) is 22.8. The molecule has 2 amide bonds. The Bertz CT molecular complexity index is 1120. The molecule has 1 aliphatic rings. The van der Waals surface area contributed by atoms with E-state index >= 15 is 0 Å². The molecule has 0 spiro atoms. The summed E-state index contributed by atoms with van der Waals surface area (Å²) in [6.45, 7) is 0. The van der Waals surface area contributed by atoms with Gasteiger partial charge in [0.1, 0.15) is 5.57 Å². The first-order chi connectivity index (χ1) is 14.5. The summed E-state index contributed by atoms with van der Waals surface area (Å²) in [4.78, 5) is 29.4. The van der Waals surface area contributed by atoms with E-state index in [0.717, 1.165) is 0 Å². The number of hydrogen-bond donors (Lipinski definition) is 0. The predicted octanol–water partition coefficient (Wildman–Crippen LogP) is 5.74. The molecule has 1 fully saturated rings. The lowest BCUT2D eigenvalue weighted by atomic mass is 10.0. The van der Waals surface area contributed by atoms with Crippen molar-refractivity contribution in [2.75, 3.05) is 9.80 Å². The molecule has 0 saturated carbocycles. The number of hydrogen-bond acceptors (Lipinski definition) is 3. The van der Waals surface area contributed by atoms with E-state index in [-0.39, 0.29) is 10.7 Å². The number of halogens is 2. The van der Waals surface area contributed by atoms with Crippen LogP contribution in [0.1, 0.15) is 5.56 Å². The van der Waals surface area contributed by atoms with Crippen molar-refractivity contribution < 1.29 is 9.59 Å². The van der Waals surface area contributed by atoms with Gasteiger partial charge in [-0.3, -0.25) is 19.4 Å². The van der Waals surface area contributed by atoms with E-state index in [4.69, 9.17) is 35.4 Å². The average molecular weight is 453 g/mol. The van der Waals surface area contributed by atoms with Crippen molar-refractivity contribution in [1.29, 1.82) is 0 Å². The van der Waals surface area contributed by atoms with Crippen LogP contribution >= 0.6 is 35.4 Å². The summed E-state index contributed by atoms with van der Waals surface area (Å²) in [5, 5.41) is 0.879. The molecule has 0 N–H and O–H groups in total. The molecule has 0 atom stereocenters. The number of carbonyl (C=O) groups excluding carboxylic acids is 2. The number of thiocarbonyl (C=S) groups is 1. The summed E-state index contributed by atoms with van der Waals surface area (Å²) in [6.07, 6.45) is 1.47. The Morgan fingerprint density at radius 1 is 0.733 bits per heavy atom. The van der Waals surface area contributed by atoms with Gasteiger partial charge >= 0.3 is 0 Å². The minimum atomic E-state index is -0.519. The second-order valence-corrected chi connectivity index (χ2v) is 7.67. The molecule has 0 bridgehead atoms. The van der Waals surface area contributed by atoms with E-state index in [1.54, 1.807) is 66.7 Å². The van der Waals surface area contributed by atoms with Crippen molar-refractivity contribution >= 4 is 69.8 Å². The highest BCUT2D eigenvalue weighted by atomic mass is 35.5. The lowest BCUT2D eigenvalue weighted by molar-refractivity contribution is -0.120. The minimum Gasteiger partial charge on any atom is -0.268 e.